The number of amides is 2. The van der Waals surface area contributed by atoms with E-state index in [2.05, 4.69) is 4.90 Å². The summed E-state index contributed by atoms with van der Waals surface area (Å²) >= 11 is 0. The minimum atomic E-state index is -4.48. The van der Waals surface area contributed by atoms with E-state index >= 15 is 0 Å². The molecule has 2 aliphatic heterocycles. The minimum Gasteiger partial charge on any atom is -0.342 e. The first-order valence-corrected chi connectivity index (χ1v) is 10.2. The Hall–Kier alpha value is -2.09. The number of benzene rings is 1. The molecule has 0 aliphatic carbocycles. The monoisotopic (exact) mass is 411 g/mol. The normalized spacial score (nSPS) is 22.4. The average molecular weight is 411 g/mol. The predicted octanol–water partition coefficient (Wildman–Crippen LogP) is 3.11. The zero-order valence-corrected chi connectivity index (χ0v) is 16.9. The topological polar surface area (TPSA) is 43.9 Å². The molecular formula is C21H28F3N3O2. The Bertz CT molecular complexity index is 749. The number of hydrogen-bond acceptors (Lipinski definition) is 3. The summed E-state index contributed by atoms with van der Waals surface area (Å²) in [5.74, 6) is -0.0400. The highest BCUT2D eigenvalue weighted by Crippen LogP contribution is 2.33. The van der Waals surface area contributed by atoms with Crippen LogP contribution in [0.15, 0.2) is 24.3 Å². The molecule has 8 heteroatoms. The smallest absolute Gasteiger partial charge is 0.342 e. The molecule has 0 radical (unpaired) electrons. The molecule has 2 saturated heterocycles. The number of nitrogens with zero attached hydrogens (tertiary/aromatic N) is 3. The van der Waals surface area contributed by atoms with E-state index in [-0.39, 0.29) is 29.3 Å². The summed E-state index contributed by atoms with van der Waals surface area (Å²) in [6.45, 7) is 7.33. The second-order valence-electron chi connectivity index (χ2n) is 7.79. The Kier molecular flexibility index (Phi) is 6.51. The van der Waals surface area contributed by atoms with Crippen LogP contribution in [0.1, 0.15) is 42.6 Å². The molecule has 2 heterocycles. The lowest BCUT2D eigenvalue weighted by atomic mass is 9.92. The number of hydrogen-bond donors (Lipinski definition) is 0. The number of carbonyl (C=O) groups excluding carboxylic acids is 2. The van der Waals surface area contributed by atoms with Gasteiger partial charge in [0.25, 0.3) is 5.91 Å². The number of alkyl halides is 3. The quantitative estimate of drug-likeness (QED) is 0.748. The van der Waals surface area contributed by atoms with Crippen LogP contribution in [0.3, 0.4) is 0 Å². The first-order chi connectivity index (χ1) is 13.7. The summed E-state index contributed by atoms with van der Waals surface area (Å²) in [6, 6.07) is 4.68. The molecule has 0 aromatic heterocycles. The number of halogens is 3. The molecular weight excluding hydrogens is 383 g/mol. The Labute approximate surface area is 169 Å². The van der Waals surface area contributed by atoms with Gasteiger partial charge in [-0.3, -0.25) is 14.5 Å². The number of fused-ring (bicyclic) bond motifs is 1. The molecule has 0 saturated carbocycles. The molecule has 2 atom stereocenters. The van der Waals surface area contributed by atoms with E-state index in [9.17, 15) is 22.8 Å². The summed E-state index contributed by atoms with van der Waals surface area (Å²) in [4.78, 5) is 31.0. The molecule has 3 rings (SSSR count). The van der Waals surface area contributed by atoms with E-state index < -0.39 is 11.7 Å². The van der Waals surface area contributed by atoms with Crippen molar-refractivity contribution in [3.8, 4) is 0 Å². The second-order valence-corrected chi connectivity index (χ2v) is 7.79. The Morgan fingerprint density at radius 1 is 1.17 bits per heavy atom. The fourth-order valence-electron chi connectivity index (χ4n) is 4.50. The molecule has 1 aromatic rings. The van der Waals surface area contributed by atoms with Gasteiger partial charge >= 0.3 is 6.18 Å². The summed E-state index contributed by atoms with van der Waals surface area (Å²) in [5, 5.41) is 0. The van der Waals surface area contributed by atoms with Crippen LogP contribution < -0.4 is 0 Å². The highest BCUT2D eigenvalue weighted by atomic mass is 19.4. The van der Waals surface area contributed by atoms with Gasteiger partial charge < -0.3 is 9.80 Å². The maximum atomic E-state index is 13.0. The van der Waals surface area contributed by atoms with Crippen molar-refractivity contribution in [2.45, 2.75) is 38.9 Å². The van der Waals surface area contributed by atoms with E-state index in [0.29, 0.717) is 32.7 Å². The Morgan fingerprint density at radius 3 is 2.55 bits per heavy atom. The summed E-state index contributed by atoms with van der Waals surface area (Å²) in [5.41, 5.74) is -0.754. The number of carbonyl (C=O) groups is 2. The third-order valence-electron chi connectivity index (χ3n) is 6.07. The highest BCUT2D eigenvalue weighted by Gasteiger charge is 2.42. The van der Waals surface area contributed by atoms with Gasteiger partial charge in [-0.15, -0.1) is 0 Å². The van der Waals surface area contributed by atoms with Crippen LogP contribution in [0.4, 0.5) is 13.2 Å². The lowest BCUT2D eigenvalue weighted by Crippen LogP contribution is -2.50. The fraction of sp³-hybridized carbons (Fsp3) is 0.619. The molecule has 29 heavy (non-hydrogen) atoms. The summed E-state index contributed by atoms with van der Waals surface area (Å²) in [6.07, 6.45) is -2.55. The van der Waals surface area contributed by atoms with Crippen LogP contribution in [0.2, 0.25) is 0 Å². The van der Waals surface area contributed by atoms with Crippen LogP contribution in [-0.4, -0.2) is 71.8 Å². The number of likely N-dealkylation sites (tertiary alicyclic amines) is 2. The van der Waals surface area contributed by atoms with Crippen molar-refractivity contribution in [3.63, 3.8) is 0 Å². The van der Waals surface area contributed by atoms with Crippen molar-refractivity contribution >= 4 is 11.8 Å². The lowest BCUT2D eigenvalue weighted by molar-refractivity contribution is -0.137. The molecule has 1 aromatic carbocycles. The molecule has 5 nitrogen and oxygen atoms in total. The molecule has 0 bridgehead atoms. The van der Waals surface area contributed by atoms with Crippen molar-refractivity contribution < 1.29 is 22.8 Å². The Balaban J connectivity index is 1.70. The molecule has 2 aliphatic rings. The van der Waals surface area contributed by atoms with E-state index in [0.717, 1.165) is 31.5 Å². The largest absolute Gasteiger partial charge is 0.416 e. The molecule has 0 unspecified atom stereocenters. The van der Waals surface area contributed by atoms with E-state index in [1.165, 1.54) is 12.1 Å². The van der Waals surface area contributed by atoms with Crippen LogP contribution in [-0.2, 0) is 11.0 Å². The minimum absolute atomic E-state index is 0.0595. The van der Waals surface area contributed by atoms with Gasteiger partial charge in [-0.25, -0.2) is 0 Å². The SMILES string of the molecule is CCN(CC)C(=O)CN1CCC[C@@H]2CN(C(=O)c3cccc(C(F)(F)F)c3)C[C@@H]21. The average Bonchev–Trinajstić information content (AvgIpc) is 3.13. The van der Waals surface area contributed by atoms with Gasteiger partial charge in [0.05, 0.1) is 12.1 Å². The first-order valence-electron chi connectivity index (χ1n) is 10.2. The molecule has 2 fully saturated rings. The maximum Gasteiger partial charge on any atom is 0.416 e. The number of rotatable bonds is 5. The summed E-state index contributed by atoms with van der Waals surface area (Å²) < 4.78 is 38.9. The van der Waals surface area contributed by atoms with Crippen molar-refractivity contribution in [3.05, 3.63) is 35.4 Å². The zero-order valence-electron chi connectivity index (χ0n) is 16.9. The van der Waals surface area contributed by atoms with E-state index in [4.69, 9.17) is 0 Å². The van der Waals surface area contributed by atoms with Gasteiger partial charge in [-0.1, -0.05) is 6.07 Å². The maximum absolute atomic E-state index is 13.0. The lowest BCUT2D eigenvalue weighted by Gasteiger charge is -2.37. The van der Waals surface area contributed by atoms with Crippen molar-refractivity contribution in [1.82, 2.24) is 14.7 Å². The van der Waals surface area contributed by atoms with Crippen molar-refractivity contribution in [2.75, 3.05) is 39.3 Å². The van der Waals surface area contributed by atoms with Gasteiger partial charge in [0.15, 0.2) is 0 Å². The van der Waals surface area contributed by atoms with Crippen LogP contribution >= 0.6 is 0 Å². The van der Waals surface area contributed by atoms with Gasteiger partial charge in [0, 0.05) is 37.8 Å². The second kappa shape index (κ2) is 8.73. The van der Waals surface area contributed by atoms with E-state index in [1.807, 2.05) is 13.8 Å². The van der Waals surface area contributed by atoms with Crippen molar-refractivity contribution in [1.29, 1.82) is 0 Å². The predicted molar refractivity (Wildman–Crippen MR) is 103 cm³/mol. The van der Waals surface area contributed by atoms with Gasteiger partial charge in [0.1, 0.15) is 0 Å². The third-order valence-corrected chi connectivity index (χ3v) is 6.07. The summed E-state index contributed by atoms with van der Waals surface area (Å²) in [7, 11) is 0. The van der Waals surface area contributed by atoms with Gasteiger partial charge in [-0.2, -0.15) is 13.2 Å². The fourth-order valence-corrected chi connectivity index (χ4v) is 4.50. The number of piperidine rings is 1. The van der Waals surface area contributed by atoms with Gasteiger partial charge in [-0.05, 0) is 57.4 Å². The van der Waals surface area contributed by atoms with Crippen molar-refractivity contribution in [2.24, 2.45) is 5.92 Å². The van der Waals surface area contributed by atoms with E-state index in [1.54, 1.807) is 9.80 Å². The molecule has 2 amide bonds. The standard InChI is InChI=1S/C21H28F3N3O2/c1-3-25(4-2)19(28)14-26-10-6-8-16-12-27(13-18(16)26)20(29)15-7-5-9-17(11-15)21(22,23)24/h5,7,9,11,16,18H,3-4,6,8,10,12-14H2,1-2H3/t16-,18+/m1/s1. The number of likely N-dealkylation sites (N-methyl/N-ethyl adjacent to an activating group) is 1. The molecule has 0 N–H and O–H groups in total. The first kappa shape index (κ1) is 21.6. The molecule has 0 spiro atoms. The highest BCUT2D eigenvalue weighted by molar-refractivity contribution is 5.94. The molecule has 160 valence electrons. The third kappa shape index (κ3) is 4.74. The zero-order chi connectivity index (χ0) is 21.2. The Morgan fingerprint density at radius 2 is 1.90 bits per heavy atom. The van der Waals surface area contributed by atoms with Crippen LogP contribution in [0, 0.1) is 5.92 Å². The van der Waals surface area contributed by atoms with Crippen LogP contribution in [0.25, 0.3) is 0 Å². The van der Waals surface area contributed by atoms with Gasteiger partial charge in [0.2, 0.25) is 5.91 Å². The van der Waals surface area contributed by atoms with Crippen LogP contribution in [0.5, 0.6) is 0 Å².